The van der Waals surface area contributed by atoms with Crippen molar-refractivity contribution in [3.63, 3.8) is 0 Å². The molecule has 0 saturated carbocycles. The molecule has 28 heavy (non-hydrogen) atoms. The summed E-state index contributed by atoms with van der Waals surface area (Å²) in [6.45, 7) is 8.83. The monoisotopic (exact) mass is 395 g/mol. The second-order valence-corrected chi connectivity index (χ2v) is 7.86. The van der Waals surface area contributed by atoms with E-state index in [0.717, 1.165) is 50.6 Å². The maximum Gasteiger partial charge on any atom is 0.180 e. The number of amidine groups is 1. The first kappa shape index (κ1) is 20.6. The van der Waals surface area contributed by atoms with Gasteiger partial charge in [0.2, 0.25) is 0 Å². The smallest absolute Gasteiger partial charge is 0.180 e. The first-order valence-corrected chi connectivity index (χ1v) is 10.8. The van der Waals surface area contributed by atoms with Gasteiger partial charge in [-0.3, -0.25) is 4.90 Å². The standard InChI is InChI=1S/C22H29N5S/c1-2-26-12-14-27(15-13-26)17-21-11-7-6-10-20(21)16-24-25-22(23)28-18-19-8-4-3-5-9-19/h3-11,16H,2,12-15,17-18H2,1H3,(H2,23,25). The van der Waals surface area contributed by atoms with Crippen LogP contribution in [0.15, 0.2) is 64.8 Å². The fourth-order valence-corrected chi connectivity index (χ4v) is 3.83. The normalized spacial score (nSPS) is 16.7. The van der Waals surface area contributed by atoms with Crippen LogP contribution in [0.5, 0.6) is 0 Å². The zero-order chi connectivity index (χ0) is 19.6. The predicted octanol–water partition coefficient (Wildman–Crippen LogP) is 3.41. The van der Waals surface area contributed by atoms with Gasteiger partial charge < -0.3 is 10.6 Å². The topological polar surface area (TPSA) is 57.2 Å². The molecule has 0 amide bonds. The average Bonchev–Trinajstić information content (AvgIpc) is 2.75. The summed E-state index contributed by atoms with van der Waals surface area (Å²) in [5.41, 5.74) is 9.59. The van der Waals surface area contributed by atoms with Gasteiger partial charge in [0.05, 0.1) is 6.21 Å². The quantitative estimate of drug-likeness (QED) is 0.443. The Hall–Kier alpha value is -2.15. The third-order valence-electron chi connectivity index (χ3n) is 4.94. The van der Waals surface area contributed by atoms with Crippen LogP contribution in [-0.2, 0) is 12.3 Å². The van der Waals surface area contributed by atoms with Gasteiger partial charge in [-0.1, -0.05) is 73.3 Å². The maximum atomic E-state index is 5.99. The number of thioether (sulfide) groups is 1. The van der Waals surface area contributed by atoms with E-state index < -0.39 is 0 Å². The summed E-state index contributed by atoms with van der Waals surface area (Å²) in [4.78, 5) is 5.00. The van der Waals surface area contributed by atoms with Gasteiger partial charge in [-0.2, -0.15) is 5.10 Å². The van der Waals surface area contributed by atoms with Crippen LogP contribution >= 0.6 is 11.8 Å². The molecule has 3 rings (SSSR count). The minimum atomic E-state index is 0.480. The lowest BCUT2D eigenvalue weighted by atomic mass is 10.1. The number of piperazine rings is 1. The van der Waals surface area contributed by atoms with Crippen LogP contribution in [0.1, 0.15) is 23.6 Å². The van der Waals surface area contributed by atoms with E-state index in [1.54, 1.807) is 0 Å². The van der Waals surface area contributed by atoms with Gasteiger partial charge in [-0.05, 0) is 23.2 Å². The van der Waals surface area contributed by atoms with Gasteiger partial charge in [-0.25, -0.2) is 0 Å². The van der Waals surface area contributed by atoms with Crippen molar-refractivity contribution in [1.29, 1.82) is 0 Å². The molecule has 2 N–H and O–H groups in total. The van der Waals surface area contributed by atoms with Crippen LogP contribution < -0.4 is 5.73 Å². The highest BCUT2D eigenvalue weighted by Gasteiger charge is 2.16. The number of nitrogens with zero attached hydrogens (tertiary/aromatic N) is 4. The maximum absolute atomic E-state index is 5.99. The largest absolute Gasteiger partial charge is 0.377 e. The molecule has 2 aromatic carbocycles. The van der Waals surface area contributed by atoms with Crippen LogP contribution in [-0.4, -0.2) is 53.9 Å². The number of rotatable bonds is 7. The SMILES string of the molecule is CCN1CCN(Cc2ccccc2C=NN=C(N)SCc2ccccc2)CC1. The predicted molar refractivity (Wildman–Crippen MR) is 121 cm³/mol. The van der Waals surface area contributed by atoms with E-state index in [1.165, 1.54) is 22.9 Å². The lowest BCUT2D eigenvalue weighted by Crippen LogP contribution is -2.45. The summed E-state index contributed by atoms with van der Waals surface area (Å²) in [5.74, 6) is 0.798. The van der Waals surface area contributed by atoms with Gasteiger partial charge in [0.1, 0.15) is 0 Å². The third kappa shape index (κ3) is 6.48. The number of hydrogen-bond acceptors (Lipinski definition) is 5. The molecule has 0 unspecified atom stereocenters. The average molecular weight is 396 g/mol. The molecule has 0 aromatic heterocycles. The van der Waals surface area contributed by atoms with Crippen molar-refractivity contribution >= 4 is 23.1 Å². The molecule has 5 nitrogen and oxygen atoms in total. The summed E-state index contributed by atoms with van der Waals surface area (Å²) in [6.07, 6.45) is 1.81. The molecule has 0 spiro atoms. The van der Waals surface area contributed by atoms with Gasteiger partial charge in [0.25, 0.3) is 0 Å². The van der Waals surface area contributed by atoms with Crippen LogP contribution in [0, 0.1) is 0 Å². The van der Waals surface area contributed by atoms with Gasteiger partial charge in [0.15, 0.2) is 5.17 Å². The molecule has 1 aliphatic rings. The molecule has 0 atom stereocenters. The van der Waals surface area contributed by atoms with Crippen LogP contribution in [0.3, 0.4) is 0 Å². The molecule has 148 valence electrons. The Balaban J connectivity index is 1.55. The Morgan fingerprint density at radius 1 is 1.00 bits per heavy atom. The van der Waals surface area contributed by atoms with E-state index >= 15 is 0 Å². The minimum Gasteiger partial charge on any atom is -0.377 e. The summed E-state index contributed by atoms with van der Waals surface area (Å²) in [7, 11) is 0. The van der Waals surface area contributed by atoms with Crippen molar-refractivity contribution in [3.8, 4) is 0 Å². The molecule has 0 aliphatic carbocycles. The number of likely N-dealkylation sites (N-methyl/N-ethyl adjacent to an activating group) is 1. The van der Waals surface area contributed by atoms with Gasteiger partial charge in [0, 0.05) is 38.5 Å². The Bertz CT molecular complexity index is 783. The van der Waals surface area contributed by atoms with Crippen molar-refractivity contribution in [2.24, 2.45) is 15.9 Å². The van der Waals surface area contributed by atoms with Gasteiger partial charge >= 0.3 is 0 Å². The molecule has 0 bridgehead atoms. The van der Waals surface area contributed by atoms with Crippen LogP contribution in [0.2, 0.25) is 0 Å². The lowest BCUT2D eigenvalue weighted by Gasteiger charge is -2.34. The summed E-state index contributed by atoms with van der Waals surface area (Å²) in [6, 6.07) is 18.6. The molecule has 1 saturated heterocycles. The fourth-order valence-electron chi connectivity index (χ4n) is 3.22. The first-order chi connectivity index (χ1) is 13.7. The number of benzene rings is 2. The van der Waals surface area contributed by atoms with Crippen molar-refractivity contribution in [1.82, 2.24) is 9.80 Å². The second-order valence-electron chi connectivity index (χ2n) is 6.87. The van der Waals surface area contributed by atoms with Crippen LogP contribution in [0.4, 0.5) is 0 Å². The Labute approximate surface area is 172 Å². The third-order valence-corrected chi connectivity index (χ3v) is 5.80. The molecule has 1 heterocycles. The number of hydrogen-bond donors (Lipinski definition) is 1. The van der Waals surface area contributed by atoms with E-state index in [-0.39, 0.29) is 0 Å². The van der Waals surface area contributed by atoms with Crippen molar-refractivity contribution in [2.75, 3.05) is 32.7 Å². The fraction of sp³-hybridized carbons (Fsp3) is 0.364. The molecule has 6 heteroatoms. The zero-order valence-electron chi connectivity index (χ0n) is 16.5. The molecule has 1 fully saturated rings. The van der Waals surface area contributed by atoms with E-state index in [0.29, 0.717) is 5.17 Å². The zero-order valence-corrected chi connectivity index (χ0v) is 17.3. The minimum absolute atomic E-state index is 0.480. The highest BCUT2D eigenvalue weighted by atomic mass is 32.2. The summed E-state index contributed by atoms with van der Waals surface area (Å²) in [5, 5.41) is 8.85. The molecular formula is C22H29N5S. The molecule has 1 aliphatic heterocycles. The summed E-state index contributed by atoms with van der Waals surface area (Å²) < 4.78 is 0. The molecule has 2 aromatic rings. The Kier molecular flexibility index (Phi) is 8.08. The van der Waals surface area contributed by atoms with Crippen LogP contribution in [0.25, 0.3) is 0 Å². The van der Waals surface area contributed by atoms with E-state index in [9.17, 15) is 0 Å². The van der Waals surface area contributed by atoms with E-state index in [1.807, 2.05) is 30.5 Å². The molecular weight excluding hydrogens is 366 g/mol. The van der Waals surface area contributed by atoms with Crippen molar-refractivity contribution in [3.05, 3.63) is 71.3 Å². The summed E-state index contributed by atoms with van der Waals surface area (Å²) >= 11 is 1.50. The highest BCUT2D eigenvalue weighted by Crippen LogP contribution is 2.13. The lowest BCUT2D eigenvalue weighted by molar-refractivity contribution is 0.132. The first-order valence-electron chi connectivity index (χ1n) is 9.80. The van der Waals surface area contributed by atoms with Gasteiger partial charge in [-0.15, -0.1) is 5.10 Å². The van der Waals surface area contributed by atoms with Crippen molar-refractivity contribution in [2.45, 2.75) is 19.2 Å². The highest BCUT2D eigenvalue weighted by molar-refractivity contribution is 8.13. The number of nitrogens with two attached hydrogens (primary N) is 1. The Morgan fingerprint density at radius 3 is 2.43 bits per heavy atom. The Morgan fingerprint density at radius 2 is 1.68 bits per heavy atom. The second kappa shape index (κ2) is 11.0. The molecule has 0 radical (unpaired) electrons. The van der Waals surface area contributed by atoms with E-state index in [4.69, 9.17) is 5.73 Å². The van der Waals surface area contributed by atoms with E-state index in [2.05, 4.69) is 57.3 Å². The van der Waals surface area contributed by atoms with Crippen molar-refractivity contribution < 1.29 is 0 Å².